The number of carbonyl (C=O) groups is 1. The van der Waals surface area contributed by atoms with Gasteiger partial charge in [-0.05, 0) is 11.5 Å². The smallest absolute Gasteiger partial charge is 0.429 e. The van der Waals surface area contributed by atoms with Crippen LogP contribution in [0.3, 0.4) is 0 Å². The second-order valence-electron chi connectivity index (χ2n) is 5.39. The van der Waals surface area contributed by atoms with Gasteiger partial charge in [0.15, 0.2) is 0 Å². The van der Waals surface area contributed by atoms with Gasteiger partial charge in [-0.15, -0.1) is 0 Å². The Morgan fingerprint density at radius 3 is 2.24 bits per heavy atom. The van der Waals surface area contributed by atoms with Crippen molar-refractivity contribution in [3.63, 3.8) is 0 Å². The summed E-state index contributed by atoms with van der Waals surface area (Å²) in [6, 6.07) is 19.4. The van der Waals surface area contributed by atoms with E-state index in [0.29, 0.717) is 11.1 Å². The van der Waals surface area contributed by atoms with Crippen molar-refractivity contribution in [2.45, 2.75) is 12.3 Å². The van der Waals surface area contributed by atoms with Crippen molar-refractivity contribution in [1.82, 2.24) is 0 Å². The first-order chi connectivity index (χ1) is 11.9. The molecule has 3 aromatic rings. The highest BCUT2D eigenvalue weighted by Crippen LogP contribution is 2.36. The Morgan fingerprint density at radius 1 is 0.880 bits per heavy atom. The van der Waals surface area contributed by atoms with E-state index < -0.39 is 18.4 Å². The van der Waals surface area contributed by atoms with Gasteiger partial charge in [0, 0.05) is 10.9 Å². The van der Waals surface area contributed by atoms with Crippen LogP contribution in [0.1, 0.15) is 11.7 Å². The normalized spacial score (nSPS) is 12.6. The zero-order chi connectivity index (χ0) is 17.9. The predicted octanol–water partition coefficient (Wildman–Crippen LogP) is 5.69. The molecule has 1 atom stereocenters. The summed E-state index contributed by atoms with van der Waals surface area (Å²) >= 11 is 0. The number of nitrogens with one attached hydrogen (secondary N) is 1. The average Bonchev–Trinajstić information content (AvgIpc) is 2.60. The van der Waals surface area contributed by atoms with Crippen LogP contribution in [0.25, 0.3) is 10.8 Å². The second-order valence-corrected chi connectivity index (χ2v) is 5.39. The van der Waals surface area contributed by atoms with Crippen molar-refractivity contribution < 1.29 is 22.7 Å². The standard InChI is InChI=1S/C19H14F3NO2/c20-19(21,22)17(14-8-2-1-3-9-14)25-18(24)23-16-12-6-10-13-7-4-5-11-15(13)16/h1-12,17H,(H,23,24). The van der Waals surface area contributed by atoms with Crippen LogP contribution < -0.4 is 5.32 Å². The molecule has 6 heteroatoms. The monoisotopic (exact) mass is 345 g/mol. The van der Waals surface area contributed by atoms with Crippen LogP contribution in [0.15, 0.2) is 72.8 Å². The van der Waals surface area contributed by atoms with E-state index in [1.54, 1.807) is 30.3 Å². The molecule has 1 N–H and O–H groups in total. The number of amides is 1. The van der Waals surface area contributed by atoms with E-state index in [1.807, 2.05) is 18.2 Å². The van der Waals surface area contributed by atoms with Crippen LogP contribution in [0, 0.1) is 0 Å². The van der Waals surface area contributed by atoms with Gasteiger partial charge >= 0.3 is 12.3 Å². The Bertz CT molecular complexity index is 873. The first-order valence-electron chi connectivity index (χ1n) is 7.52. The van der Waals surface area contributed by atoms with E-state index in [1.165, 1.54) is 24.3 Å². The molecule has 25 heavy (non-hydrogen) atoms. The van der Waals surface area contributed by atoms with Crippen LogP contribution >= 0.6 is 0 Å². The second kappa shape index (κ2) is 6.84. The SMILES string of the molecule is O=C(Nc1cccc2ccccc12)OC(c1ccccc1)C(F)(F)F. The summed E-state index contributed by atoms with van der Waals surface area (Å²) in [5.74, 6) is 0. The lowest BCUT2D eigenvalue weighted by Gasteiger charge is -2.21. The number of hydrogen-bond acceptors (Lipinski definition) is 2. The van der Waals surface area contributed by atoms with Gasteiger partial charge in [0.05, 0.1) is 5.69 Å². The molecule has 3 rings (SSSR count). The number of benzene rings is 3. The summed E-state index contributed by atoms with van der Waals surface area (Å²) in [6.45, 7) is 0. The molecular weight excluding hydrogens is 331 g/mol. The van der Waals surface area contributed by atoms with Gasteiger partial charge in [0.1, 0.15) is 0 Å². The third kappa shape index (κ3) is 3.91. The van der Waals surface area contributed by atoms with Crippen molar-refractivity contribution in [2.24, 2.45) is 0 Å². The minimum atomic E-state index is -4.71. The molecule has 0 spiro atoms. The van der Waals surface area contributed by atoms with Gasteiger partial charge in [-0.2, -0.15) is 13.2 Å². The largest absolute Gasteiger partial charge is 0.431 e. The fraction of sp³-hybridized carbons (Fsp3) is 0.105. The molecule has 1 amide bonds. The molecule has 0 bridgehead atoms. The predicted molar refractivity (Wildman–Crippen MR) is 89.3 cm³/mol. The third-order valence-electron chi connectivity index (χ3n) is 3.65. The van der Waals surface area contributed by atoms with Crippen LogP contribution in [0.4, 0.5) is 23.7 Å². The van der Waals surface area contributed by atoms with Crippen molar-refractivity contribution in [3.8, 4) is 0 Å². The Morgan fingerprint density at radius 2 is 1.52 bits per heavy atom. The van der Waals surface area contributed by atoms with Gasteiger partial charge in [-0.25, -0.2) is 4.79 Å². The number of halogens is 3. The van der Waals surface area contributed by atoms with Gasteiger partial charge < -0.3 is 4.74 Å². The first kappa shape index (κ1) is 16.8. The van der Waals surface area contributed by atoms with Crippen molar-refractivity contribution in [2.75, 3.05) is 5.32 Å². The molecular formula is C19H14F3NO2. The van der Waals surface area contributed by atoms with E-state index in [9.17, 15) is 18.0 Å². The summed E-state index contributed by atoms with van der Waals surface area (Å²) in [5.41, 5.74) is 0.250. The number of carbonyl (C=O) groups excluding carboxylic acids is 1. The summed E-state index contributed by atoms with van der Waals surface area (Å²) < 4.78 is 44.4. The van der Waals surface area contributed by atoms with Crippen LogP contribution in [0.2, 0.25) is 0 Å². The Labute approximate surface area is 142 Å². The molecule has 0 saturated heterocycles. The highest BCUT2D eigenvalue weighted by molar-refractivity contribution is 6.00. The number of alkyl halides is 3. The van der Waals surface area contributed by atoms with E-state index >= 15 is 0 Å². The van der Waals surface area contributed by atoms with E-state index in [2.05, 4.69) is 10.1 Å². The maximum absolute atomic E-state index is 13.3. The van der Waals surface area contributed by atoms with Crippen molar-refractivity contribution in [1.29, 1.82) is 0 Å². The number of rotatable bonds is 3. The molecule has 0 aliphatic rings. The lowest BCUT2D eigenvalue weighted by atomic mass is 10.1. The topological polar surface area (TPSA) is 38.3 Å². The summed E-state index contributed by atoms with van der Waals surface area (Å²) in [6.07, 6.45) is -8.21. The molecule has 0 aromatic heterocycles. The van der Waals surface area contributed by atoms with E-state index in [-0.39, 0.29) is 5.56 Å². The highest BCUT2D eigenvalue weighted by Gasteiger charge is 2.44. The zero-order valence-corrected chi connectivity index (χ0v) is 13.0. The molecule has 3 aromatic carbocycles. The third-order valence-corrected chi connectivity index (χ3v) is 3.65. The van der Waals surface area contributed by atoms with Crippen molar-refractivity contribution >= 4 is 22.6 Å². The number of hydrogen-bond donors (Lipinski definition) is 1. The minimum absolute atomic E-state index is 0.136. The highest BCUT2D eigenvalue weighted by atomic mass is 19.4. The van der Waals surface area contributed by atoms with Gasteiger partial charge in [0.2, 0.25) is 6.10 Å². The van der Waals surface area contributed by atoms with Gasteiger partial charge in [0.25, 0.3) is 0 Å². The number of anilines is 1. The average molecular weight is 345 g/mol. The lowest BCUT2D eigenvalue weighted by Crippen LogP contribution is -2.28. The zero-order valence-electron chi connectivity index (χ0n) is 13.0. The molecule has 0 saturated carbocycles. The molecule has 0 radical (unpaired) electrons. The quantitative estimate of drug-likeness (QED) is 0.662. The fourth-order valence-electron chi connectivity index (χ4n) is 2.53. The number of fused-ring (bicyclic) bond motifs is 1. The van der Waals surface area contributed by atoms with Crippen molar-refractivity contribution in [3.05, 3.63) is 78.4 Å². The van der Waals surface area contributed by atoms with E-state index in [0.717, 1.165) is 5.39 Å². The first-order valence-corrected chi connectivity index (χ1v) is 7.52. The molecule has 0 heterocycles. The maximum atomic E-state index is 13.3. The minimum Gasteiger partial charge on any atom is -0.431 e. The maximum Gasteiger partial charge on any atom is 0.429 e. The Kier molecular flexibility index (Phi) is 4.61. The van der Waals surface area contributed by atoms with Crippen LogP contribution in [-0.4, -0.2) is 12.3 Å². The lowest BCUT2D eigenvalue weighted by molar-refractivity contribution is -0.205. The van der Waals surface area contributed by atoms with Crippen LogP contribution in [0.5, 0.6) is 0 Å². The summed E-state index contributed by atoms with van der Waals surface area (Å²) in [5, 5.41) is 3.97. The molecule has 0 aliphatic heterocycles. The Balaban J connectivity index is 1.82. The number of ether oxygens (including phenoxy) is 1. The van der Waals surface area contributed by atoms with Crippen LogP contribution in [-0.2, 0) is 4.74 Å². The molecule has 3 nitrogen and oxygen atoms in total. The summed E-state index contributed by atoms with van der Waals surface area (Å²) in [4.78, 5) is 12.1. The van der Waals surface area contributed by atoms with Gasteiger partial charge in [-0.1, -0.05) is 66.7 Å². The van der Waals surface area contributed by atoms with Gasteiger partial charge in [-0.3, -0.25) is 5.32 Å². The molecule has 1 unspecified atom stereocenters. The molecule has 0 aliphatic carbocycles. The Hall–Kier alpha value is -3.02. The molecule has 0 fully saturated rings. The fourth-order valence-corrected chi connectivity index (χ4v) is 2.53. The molecule has 128 valence electrons. The summed E-state index contributed by atoms with van der Waals surface area (Å²) in [7, 11) is 0. The van der Waals surface area contributed by atoms with E-state index in [4.69, 9.17) is 0 Å².